The van der Waals surface area contributed by atoms with E-state index in [9.17, 15) is 18.0 Å². The van der Waals surface area contributed by atoms with Gasteiger partial charge in [0.15, 0.2) is 0 Å². The van der Waals surface area contributed by atoms with E-state index in [0.717, 1.165) is 0 Å². The monoisotopic (exact) mass is 442 g/mol. The number of pyridine rings is 1. The number of aromatic amines is 2. The minimum absolute atomic E-state index is 0.0429. The van der Waals surface area contributed by atoms with Crippen molar-refractivity contribution >= 4 is 20.9 Å². The van der Waals surface area contributed by atoms with Gasteiger partial charge in [0.25, 0.3) is 5.56 Å². The number of benzene rings is 1. The number of nitrogens with one attached hydrogen (secondary N) is 3. The van der Waals surface area contributed by atoms with Crippen molar-refractivity contribution in [3.05, 3.63) is 69.5 Å². The van der Waals surface area contributed by atoms with Crippen LogP contribution >= 0.6 is 0 Å². The van der Waals surface area contributed by atoms with Crippen LogP contribution < -0.4 is 16.0 Å². The van der Waals surface area contributed by atoms with E-state index in [1.807, 2.05) is 0 Å². The van der Waals surface area contributed by atoms with E-state index in [0.29, 0.717) is 11.4 Å². The Morgan fingerprint density at radius 2 is 1.81 bits per heavy atom. The third-order valence-electron chi connectivity index (χ3n) is 4.62. The summed E-state index contributed by atoms with van der Waals surface area (Å²) in [5.74, 6) is 0.192. The Labute approximate surface area is 175 Å². The number of rotatable bonds is 6. The molecule has 0 aliphatic heterocycles. The van der Waals surface area contributed by atoms with Crippen molar-refractivity contribution in [2.75, 3.05) is 0 Å². The number of hydrogen-bond acceptors (Lipinski definition) is 8. The summed E-state index contributed by atoms with van der Waals surface area (Å²) in [6.45, 7) is 3.61. The fourth-order valence-electron chi connectivity index (χ4n) is 3.00. The number of aromatic nitrogens is 5. The second-order valence-electron chi connectivity index (χ2n) is 7.15. The van der Waals surface area contributed by atoms with Gasteiger partial charge in [-0.25, -0.2) is 13.2 Å². The van der Waals surface area contributed by atoms with Crippen molar-refractivity contribution in [1.82, 2.24) is 29.8 Å². The molecule has 0 aliphatic carbocycles. The van der Waals surface area contributed by atoms with Crippen LogP contribution in [0.15, 0.2) is 61.7 Å². The Hall–Kier alpha value is -3.64. The highest BCUT2D eigenvalue weighted by Crippen LogP contribution is 2.26. The SMILES string of the molecule is CC(C)C(NS(=O)(=O)c1ccc2[nH]c(=O)[nH]c(=O)c2c1)c1nc(-c2ccncc2)no1. The maximum absolute atomic E-state index is 13.0. The highest BCUT2D eigenvalue weighted by molar-refractivity contribution is 7.89. The summed E-state index contributed by atoms with van der Waals surface area (Å²) in [6.07, 6.45) is 3.17. The summed E-state index contributed by atoms with van der Waals surface area (Å²) in [6, 6.07) is 6.46. The fraction of sp³-hybridized carbons (Fsp3) is 0.211. The smallest absolute Gasteiger partial charge is 0.326 e. The van der Waals surface area contributed by atoms with E-state index in [4.69, 9.17) is 4.52 Å². The third-order valence-corrected chi connectivity index (χ3v) is 6.06. The van der Waals surface area contributed by atoms with Crippen LogP contribution in [-0.2, 0) is 10.0 Å². The second kappa shape index (κ2) is 7.89. The average molecular weight is 442 g/mol. The lowest BCUT2D eigenvalue weighted by atomic mass is 10.1. The van der Waals surface area contributed by atoms with Gasteiger partial charge in [-0.1, -0.05) is 19.0 Å². The van der Waals surface area contributed by atoms with Gasteiger partial charge in [0.1, 0.15) is 6.04 Å². The average Bonchev–Trinajstić information content (AvgIpc) is 3.22. The Morgan fingerprint density at radius 1 is 1.06 bits per heavy atom. The van der Waals surface area contributed by atoms with Gasteiger partial charge in [0.2, 0.25) is 21.7 Å². The minimum Gasteiger partial charge on any atom is -0.337 e. The van der Waals surface area contributed by atoms with Crippen molar-refractivity contribution in [2.45, 2.75) is 24.8 Å². The molecule has 3 N–H and O–H groups in total. The summed E-state index contributed by atoms with van der Waals surface area (Å²) < 4.78 is 33.9. The maximum atomic E-state index is 13.0. The summed E-state index contributed by atoms with van der Waals surface area (Å²) >= 11 is 0. The van der Waals surface area contributed by atoms with E-state index in [2.05, 4.69) is 29.8 Å². The molecule has 0 aliphatic rings. The topological polar surface area (TPSA) is 164 Å². The molecule has 1 aromatic carbocycles. The quantitative estimate of drug-likeness (QED) is 0.402. The van der Waals surface area contributed by atoms with Gasteiger partial charge < -0.3 is 9.51 Å². The standard InChI is InChI=1S/C19H18N6O5S/c1-10(2)15(18-22-16(24-30-18)11-5-7-20-8-6-11)25-31(28,29)12-3-4-14-13(9-12)17(26)23-19(27)21-14/h3-10,15,25H,1-2H3,(H2,21,23,26,27). The molecule has 3 aromatic heterocycles. The van der Waals surface area contributed by atoms with Crippen LogP contribution in [0.25, 0.3) is 22.3 Å². The zero-order valence-electron chi connectivity index (χ0n) is 16.5. The van der Waals surface area contributed by atoms with Crippen molar-refractivity contribution in [3.63, 3.8) is 0 Å². The van der Waals surface area contributed by atoms with E-state index in [1.54, 1.807) is 38.4 Å². The fourth-order valence-corrected chi connectivity index (χ4v) is 4.36. The van der Waals surface area contributed by atoms with Gasteiger partial charge in [0.05, 0.1) is 15.8 Å². The van der Waals surface area contributed by atoms with Gasteiger partial charge in [0, 0.05) is 18.0 Å². The van der Waals surface area contributed by atoms with Crippen LogP contribution in [0, 0.1) is 5.92 Å². The van der Waals surface area contributed by atoms with Crippen molar-refractivity contribution in [1.29, 1.82) is 0 Å². The van der Waals surface area contributed by atoms with E-state index < -0.39 is 27.3 Å². The van der Waals surface area contributed by atoms with E-state index >= 15 is 0 Å². The number of nitrogens with zero attached hydrogens (tertiary/aromatic N) is 3. The van der Waals surface area contributed by atoms with E-state index in [1.165, 1.54) is 18.2 Å². The van der Waals surface area contributed by atoms with Crippen LogP contribution in [-0.4, -0.2) is 33.5 Å². The molecule has 0 spiro atoms. The van der Waals surface area contributed by atoms with Gasteiger partial charge in [-0.05, 0) is 36.2 Å². The molecule has 0 saturated heterocycles. The predicted octanol–water partition coefficient (Wildman–Crippen LogP) is 1.34. The Kier molecular flexibility index (Phi) is 5.25. The largest absolute Gasteiger partial charge is 0.337 e. The molecule has 0 radical (unpaired) electrons. The zero-order chi connectivity index (χ0) is 22.2. The second-order valence-corrected chi connectivity index (χ2v) is 8.86. The lowest BCUT2D eigenvalue weighted by molar-refractivity contribution is 0.311. The van der Waals surface area contributed by atoms with Crippen LogP contribution in [0.1, 0.15) is 25.8 Å². The number of hydrogen-bond donors (Lipinski definition) is 3. The first-order valence-electron chi connectivity index (χ1n) is 9.27. The van der Waals surface area contributed by atoms with Gasteiger partial charge in [-0.2, -0.15) is 9.71 Å². The first kappa shape index (κ1) is 20.6. The first-order valence-corrected chi connectivity index (χ1v) is 10.8. The molecule has 0 bridgehead atoms. The summed E-state index contributed by atoms with van der Waals surface area (Å²) in [7, 11) is -4.06. The Bertz CT molecular complexity index is 1460. The molecule has 31 heavy (non-hydrogen) atoms. The number of fused-ring (bicyclic) bond motifs is 1. The molecule has 4 aromatic rings. The van der Waals surface area contributed by atoms with Crippen LogP contribution in [0.2, 0.25) is 0 Å². The Morgan fingerprint density at radius 3 is 2.52 bits per heavy atom. The van der Waals surface area contributed by atoms with Crippen molar-refractivity contribution < 1.29 is 12.9 Å². The minimum atomic E-state index is -4.06. The molecule has 1 unspecified atom stereocenters. The molecule has 4 rings (SSSR count). The first-order chi connectivity index (χ1) is 14.7. The van der Waals surface area contributed by atoms with Crippen molar-refractivity contribution in [2.24, 2.45) is 5.92 Å². The van der Waals surface area contributed by atoms with Gasteiger partial charge >= 0.3 is 5.69 Å². The number of H-pyrrole nitrogens is 2. The van der Waals surface area contributed by atoms with E-state index in [-0.39, 0.29) is 27.6 Å². The zero-order valence-corrected chi connectivity index (χ0v) is 17.3. The summed E-state index contributed by atoms with van der Waals surface area (Å²) in [4.78, 5) is 36.1. The molecule has 12 heteroatoms. The predicted molar refractivity (Wildman–Crippen MR) is 111 cm³/mol. The summed E-state index contributed by atoms with van der Waals surface area (Å²) in [5.41, 5.74) is -0.451. The van der Waals surface area contributed by atoms with Crippen LogP contribution in [0.4, 0.5) is 0 Å². The lowest BCUT2D eigenvalue weighted by Crippen LogP contribution is -2.32. The highest BCUT2D eigenvalue weighted by atomic mass is 32.2. The van der Waals surface area contributed by atoms with Gasteiger partial charge in [-0.3, -0.25) is 14.8 Å². The molecule has 0 fully saturated rings. The molecule has 160 valence electrons. The maximum Gasteiger partial charge on any atom is 0.326 e. The molecule has 1 atom stereocenters. The molecule has 3 heterocycles. The molecular weight excluding hydrogens is 424 g/mol. The van der Waals surface area contributed by atoms with Crippen LogP contribution in [0.5, 0.6) is 0 Å². The highest BCUT2D eigenvalue weighted by Gasteiger charge is 2.29. The summed E-state index contributed by atoms with van der Waals surface area (Å²) in [5, 5.41) is 3.97. The lowest BCUT2D eigenvalue weighted by Gasteiger charge is -2.18. The normalized spacial score (nSPS) is 13.0. The molecular formula is C19H18N6O5S. The van der Waals surface area contributed by atoms with Gasteiger partial charge in [-0.15, -0.1) is 0 Å². The third kappa shape index (κ3) is 4.15. The number of sulfonamides is 1. The van der Waals surface area contributed by atoms with Crippen LogP contribution in [0.3, 0.4) is 0 Å². The molecule has 0 amide bonds. The van der Waals surface area contributed by atoms with Crippen molar-refractivity contribution in [3.8, 4) is 11.4 Å². The molecule has 11 nitrogen and oxygen atoms in total. The Balaban J connectivity index is 1.68. The molecule has 0 saturated carbocycles.